The molecule has 1 N–H and O–H groups in total. The molecule has 1 amide bonds. The maximum Gasteiger partial charge on any atom is 0.407 e. The molecule has 0 bridgehead atoms. The second kappa shape index (κ2) is 9.07. The van der Waals surface area contributed by atoms with Crippen molar-refractivity contribution in [2.24, 2.45) is 0 Å². The molecule has 0 heterocycles. The lowest BCUT2D eigenvalue weighted by molar-refractivity contribution is -0.153. The van der Waals surface area contributed by atoms with Gasteiger partial charge in [0.15, 0.2) is 0 Å². The fraction of sp³-hybridized carbons (Fsp3) is 0.545. The Morgan fingerprint density at radius 2 is 1.78 bits per heavy atom. The molecule has 0 aromatic heterocycles. The minimum absolute atomic E-state index is 0.203. The van der Waals surface area contributed by atoms with Gasteiger partial charge in [0, 0.05) is 5.54 Å². The standard InChI is InChI=1S/C22H31NO4/c1-21(2,3)27-19(24)11-10-17-12-14-22(4,15-13-17)23-20(25)26-16-18-8-6-5-7-9-18/h5-10H,11-16H2,1-4H3,(H,23,25). The van der Waals surface area contributed by atoms with Crippen molar-refractivity contribution in [3.63, 3.8) is 0 Å². The fourth-order valence-electron chi connectivity index (χ4n) is 3.07. The number of rotatable bonds is 5. The lowest BCUT2D eigenvalue weighted by Gasteiger charge is -2.35. The van der Waals surface area contributed by atoms with E-state index in [4.69, 9.17) is 9.47 Å². The minimum atomic E-state index is -0.454. The van der Waals surface area contributed by atoms with Gasteiger partial charge in [-0.2, -0.15) is 0 Å². The van der Waals surface area contributed by atoms with Gasteiger partial charge in [-0.25, -0.2) is 4.79 Å². The molecule has 1 aliphatic rings. The highest BCUT2D eigenvalue weighted by Crippen LogP contribution is 2.31. The summed E-state index contributed by atoms with van der Waals surface area (Å²) in [6, 6.07) is 9.63. The normalized spacial score (nSPS) is 19.9. The average molecular weight is 373 g/mol. The summed E-state index contributed by atoms with van der Waals surface area (Å²) in [4.78, 5) is 23.9. The predicted molar refractivity (Wildman–Crippen MR) is 105 cm³/mol. The van der Waals surface area contributed by atoms with Crippen LogP contribution in [-0.4, -0.2) is 23.2 Å². The molecule has 0 unspecified atom stereocenters. The van der Waals surface area contributed by atoms with Crippen LogP contribution in [0.5, 0.6) is 0 Å². The zero-order valence-corrected chi connectivity index (χ0v) is 16.8. The summed E-state index contributed by atoms with van der Waals surface area (Å²) in [6.07, 6.45) is 5.26. The molecule has 27 heavy (non-hydrogen) atoms. The molecule has 1 saturated carbocycles. The minimum Gasteiger partial charge on any atom is -0.460 e. The third-order valence-electron chi connectivity index (χ3n) is 4.59. The summed E-state index contributed by atoms with van der Waals surface area (Å²) >= 11 is 0. The van der Waals surface area contributed by atoms with Crippen LogP contribution in [0.3, 0.4) is 0 Å². The van der Waals surface area contributed by atoms with Gasteiger partial charge in [-0.15, -0.1) is 0 Å². The Balaban J connectivity index is 1.75. The van der Waals surface area contributed by atoms with Crippen LogP contribution in [0, 0.1) is 0 Å². The first kappa shape index (κ1) is 21.0. The topological polar surface area (TPSA) is 64.6 Å². The zero-order valence-electron chi connectivity index (χ0n) is 16.8. The van der Waals surface area contributed by atoms with Crippen LogP contribution in [0.1, 0.15) is 65.4 Å². The first-order valence-electron chi connectivity index (χ1n) is 9.54. The summed E-state index contributed by atoms with van der Waals surface area (Å²) in [5, 5.41) is 3.00. The molecule has 1 aliphatic carbocycles. The highest BCUT2D eigenvalue weighted by Gasteiger charge is 2.30. The van der Waals surface area contributed by atoms with E-state index in [1.807, 2.05) is 64.1 Å². The number of amides is 1. The molecule has 0 saturated heterocycles. The molecule has 5 nitrogen and oxygen atoms in total. The first-order chi connectivity index (χ1) is 12.7. The number of allylic oxidation sites excluding steroid dienone is 1. The largest absolute Gasteiger partial charge is 0.460 e. The van der Waals surface area contributed by atoms with Crippen molar-refractivity contribution in [1.82, 2.24) is 5.32 Å². The molecule has 0 radical (unpaired) electrons. The van der Waals surface area contributed by atoms with Crippen LogP contribution in [0.2, 0.25) is 0 Å². The third-order valence-corrected chi connectivity index (χ3v) is 4.59. The van der Waals surface area contributed by atoms with Gasteiger partial charge in [0.05, 0.1) is 6.42 Å². The Kier molecular flexibility index (Phi) is 7.05. The van der Waals surface area contributed by atoms with E-state index in [1.165, 1.54) is 5.57 Å². The lowest BCUT2D eigenvalue weighted by Crippen LogP contribution is -2.47. The highest BCUT2D eigenvalue weighted by molar-refractivity contribution is 5.71. The molecule has 5 heteroatoms. The van der Waals surface area contributed by atoms with Gasteiger partial charge < -0.3 is 14.8 Å². The summed E-state index contributed by atoms with van der Waals surface area (Å²) in [5.74, 6) is -0.203. The fourth-order valence-corrected chi connectivity index (χ4v) is 3.07. The summed E-state index contributed by atoms with van der Waals surface area (Å²) in [5.41, 5.74) is 1.48. The number of ether oxygens (including phenoxy) is 2. The van der Waals surface area contributed by atoms with Gasteiger partial charge in [-0.05, 0) is 58.9 Å². The maximum absolute atomic E-state index is 12.1. The van der Waals surface area contributed by atoms with Crippen LogP contribution in [0.15, 0.2) is 42.0 Å². The van der Waals surface area contributed by atoms with E-state index in [2.05, 4.69) is 5.32 Å². The van der Waals surface area contributed by atoms with E-state index >= 15 is 0 Å². The number of hydrogen-bond donors (Lipinski definition) is 1. The van der Waals surface area contributed by atoms with Crippen LogP contribution >= 0.6 is 0 Å². The van der Waals surface area contributed by atoms with Crippen molar-refractivity contribution >= 4 is 12.1 Å². The van der Waals surface area contributed by atoms with Crippen molar-refractivity contribution in [3.05, 3.63) is 47.5 Å². The summed E-state index contributed by atoms with van der Waals surface area (Å²) in [6.45, 7) is 7.91. The van der Waals surface area contributed by atoms with E-state index in [0.29, 0.717) is 6.42 Å². The summed E-state index contributed by atoms with van der Waals surface area (Å²) in [7, 11) is 0. The smallest absolute Gasteiger partial charge is 0.407 e. The number of esters is 1. The monoisotopic (exact) mass is 373 g/mol. The predicted octanol–water partition coefficient (Wildman–Crippen LogP) is 4.90. The SMILES string of the molecule is CC1(NC(=O)OCc2ccccc2)CCC(=CCC(=O)OC(C)(C)C)CC1. The summed E-state index contributed by atoms with van der Waals surface area (Å²) < 4.78 is 10.7. The van der Waals surface area contributed by atoms with Crippen LogP contribution in [-0.2, 0) is 20.9 Å². The van der Waals surface area contributed by atoms with Crippen molar-refractivity contribution in [3.8, 4) is 0 Å². The van der Waals surface area contributed by atoms with E-state index in [-0.39, 0.29) is 24.2 Å². The molecular formula is C22H31NO4. The van der Waals surface area contributed by atoms with Crippen molar-refractivity contribution < 1.29 is 19.1 Å². The van der Waals surface area contributed by atoms with Gasteiger partial charge in [0.25, 0.3) is 0 Å². The van der Waals surface area contributed by atoms with Gasteiger partial charge in [-0.3, -0.25) is 4.79 Å². The number of hydrogen-bond acceptors (Lipinski definition) is 4. The Labute approximate surface area is 162 Å². The Bertz CT molecular complexity index is 663. The van der Waals surface area contributed by atoms with Crippen molar-refractivity contribution in [2.75, 3.05) is 0 Å². The van der Waals surface area contributed by atoms with Gasteiger partial charge in [0.2, 0.25) is 0 Å². The van der Waals surface area contributed by atoms with Gasteiger partial charge >= 0.3 is 12.1 Å². The highest BCUT2D eigenvalue weighted by atomic mass is 16.6. The average Bonchev–Trinajstić information content (AvgIpc) is 2.59. The third kappa shape index (κ3) is 7.85. The molecule has 0 atom stereocenters. The molecular weight excluding hydrogens is 342 g/mol. The van der Waals surface area contributed by atoms with Gasteiger partial charge in [-0.1, -0.05) is 42.0 Å². The Hall–Kier alpha value is -2.30. The maximum atomic E-state index is 12.1. The lowest BCUT2D eigenvalue weighted by atomic mass is 9.80. The molecule has 2 rings (SSSR count). The van der Waals surface area contributed by atoms with Crippen molar-refractivity contribution in [2.45, 2.75) is 77.5 Å². The van der Waals surface area contributed by atoms with E-state index in [0.717, 1.165) is 31.2 Å². The van der Waals surface area contributed by atoms with Crippen molar-refractivity contribution in [1.29, 1.82) is 0 Å². The number of alkyl carbamates (subject to hydrolysis) is 1. The Morgan fingerprint density at radius 3 is 2.37 bits per heavy atom. The number of nitrogens with one attached hydrogen (secondary N) is 1. The molecule has 0 aliphatic heterocycles. The molecule has 0 spiro atoms. The van der Waals surface area contributed by atoms with Crippen LogP contribution in [0.4, 0.5) is 4.79 Å². The number of carbonyl (C=O) groups excluding carboxylic acids is 2. The quantitative estimate of drug-likeness (QED) is 0.589. The van der Waals surface area contributed by atoms with Crippen LogP contribution in [0.25, 0.3) is 0 Å². The molecule has 1 aromatic rings. The van der Waals surface area contributed by atoms with Gasteiger partial charge in [0.1, 0.15) is 12.2 Å². The molecule has 1 fully saturated rings. The molecule has 148 valence electrons. The number of carbonyl (C=O) groups is 2. The van der Waals surface area contributed by atoms with Crippen LogP contribution < -0.4 is 5.32 Å². The Morgan fingerprint density at radius 1 is 1.15 bits per heavy atom. The first-order valence-corrected chi connectivity index (χ1v) is 9.54. The number of benzene rings is 1. The molecule has 1 aromatic carbocycles. The van der Waals surface area contributed by atoms with E-state index in [1.54, 1.807) is 0 Å². The second-order valence-electron chi connectivity index (χ2n) is 8.40. The zero-order chi connectivity index (χ0) is 19.9. The van der Waals surface area contributed by atoms with E-state index < -0.39 is 5.60 Å². The van der Waals surface area contributed by atoms with E-state index in [9.17, 15) is 9.59 Å². The second-order valence-corrected chi connectivity index (χ2v) is 8.40.